The number of hydrogen-bond donors (Lipinski definition) is 0. The molecule has 0 aliphatic rings. The second kappa shape index (κ2) is 5.30. The zero-order valence-corrected chi connectivity index (χ0v) is 9.91. The minimum Gasteiger partial charge on any atom is -0.462 e. The minimum atomic E-state index is -4.32. The van der Waals surface area contributed by atoms with Gasteiger partial charge in [0.25, 0.3) is 0 Å². The lowest BCUT2D eigenvalue weighted by Gasteiger charge is -2.08. The van der Waals surface area contributed by atoms with Gasteiger partial charge in [0.2, 0.25) is 0 Å². The van der Waals surface area contributed by atoms with Crippen LogP contribution in [0.15, 0.2) is 42.5 Å². The lowest BCUT2D eigenvalue weighted by molar-refractivity contribution is -0.141. The van der Waals surface area contributed by atoms with E-state index in [0.29, 0.717) is 0 Å². The van der Waals surface area contributed by atoms with Crippen molar-refractivity contribution in [2.75, 3.05) is 6.61 Å². The Bertz CT molecular complexity index is 591. The highest BCUT2D eigenvalue weighted by molar-refractivity contribution is 5.95. The molecule has 0 heterocycles. The van der Waals surface area contributed by atoms with Crippen LogP contribution in [-0.2, 0) is 4.74 Å². The fourth-order valence-electron chi connectivity index (χ4n) is 1.66. The number of halogens is 3. The summed E-state index contributed by atoms with van der Waals surface area (Å²) in [6.07, 6.45) is -5.45. The van der Waals surface area contributed by atoms with Gasteiger partial charge >= 0.3 is 12.1 Å². The van der Waals surface area contributed by atoms with Crippen molar-refractivity contribution in [3.05, 3.63) is 48.0 Å². The number of carbonyl (C=O) groups is 1. The molecule has 0 aliphatic carbocycles. The summed E-state index contributed by atoms with van der Waals surface area (Å²) in [5, 5.41) is 1.79. The molecule has 2 aromatic carbocycles. The van der Waals surface area contributed by atoms with Crippen LogP contribution in [0.1, 0.15) is 16.8 Å². The Morgan fingerprint density at radius 2 is 1.74 bits per heavy atom. The molecule has 0 spiro atoms. The number of carbonyl (C=O) groups excluding carboxylic acids is 1. The summed E-state index contributed by atoms with van der Waals surface area (Å²) in [4.78, 5) is 11.6. The number of hydrogen-bond acceptors (Lipinski definition) is 2. The first kappa shape index (κ1) is 13.4. The molecule has 5 heteroatoms. The Morgan fingerprint density at radius 1 is 1.05 bits per heavy atom. The Labute approximate surface area is 107 Å². The molecule has 0 saturated heterocycles. The van der Waals surface area contributed by atoms with E-state index in [4.69, 9.17) is 0 Å². The molecule has 2 nitrogen and oxygen atoms in total. The van der Waals surface area contributed by atoms with Crippen LogP contribution in [0.25, 0.3) is 10.8 Å². The topological polar surface area (TPSA) is 26.3 Å². The molecule has 2 rings (SSSR count). The van der Waals surface area contributed by atoms with E-state index in [0.717, 1.165) is 10.8 Å². The number of benzene rings is 2. The van der Waals surface area contributed by atoms with Gasteiger partial charge in [0.1, 0.15) is 6.61 Å². The lowest BCUT2D eigenvalue weighted by atomic mass is 10.1. The molecule has 0 N–H and O–H groups in total. The molecule has 19 heavy (non-hydrogen) atoms. The molecule has 0 aliphatic heterocycles. The van der Waals surface area contributed by atoms with E-state index in [2.05, 4.69) is 4.74 Å². The highest BCUT2D eigenvalue weighted by atomic mass is 19.4. The fourth-order valence-corrected chi connectivity index (χ4v) is 1.66. The van der Waals surface area contributed by atoms with E-state index in [1.807, 2.05) is 24.3 Å². The van der Waals surface area contributed by atoms with Crippen molar-refractivity contribution in [3.8, 4) is 0 Å². The SMILES string of the molecule is O=C(OCCC(F)(F)F)c1ccc2ccccc2c1. The van der Waals surface area contributed by atoms with Gasteiger partial charge in [0.15, 0.2) is 0 Å². The van der Waals surface area contributed by atoms with Gasteiger partial charge in [-0.25, -0.2) is 4.79 Å². The quantitative estimate of drug-likeness (QED) is 0.788. The van der Waals surface area contributed by atoms with Gasteiger partial charge in [-0.2, -0.15) is 13.2 Å². The van der Waals surface area contributed by atoms with Crippen LogP contribution in [0.2, 0.25) is 0 Å². The van der Waals surface area contributed by atoms with Crippen molar-refractivity contribution in [1.29, 1.82) is 0 Å². The fraction of sp³-hybridized carbons (Fsp3) is 0.214. The number of alkyl halides is 3. The molecule has 0 saturated carbocycles. The van der Waals surface area contributed by atoms with E-state index in [-0.39, 0.29) is 5.56 Å². The Morgan fingerprint density at radius 3 is 2.42 bits per heavy atom. The Kier molecular flexibility index (Phi) is 3.74. The van der Waals surface area contributed by atoms with E-state index in [9.17, 15) is 18.0 Å². The zero-order chi connectivity index (χ0) is 13.9. The molecule has 0 amide bonds. The van der Waals surface area contributed by atoms with Crippen LogP contribution in [0.4, 0.5) is 13.2 Å². The van der Waals surface area contributed by atoms with Crippen LogP contribution in [0.5, 0.6) is 0 Å². The molecule has 0 atom stereocenters. The molecule has 100 valence electrons. The van der Waals surface area contributed by atoms with Crippen LogP contribution in [-0.4, -0.2) is 18.8 Å². The number of rotatable bonds is 3. The lowest BCUT2D eigenvalue weighted by Crippen LogP contribution is -2.14. The largest absolute Gasteiger partial charge is 0.462 e. The first-order chi connectivity index (χ1) is 8.96. The van der Waals surface area contributed by atoms with E-state index in [1.165, 1.54) is 6.07 Å². The first-order valence-electron chi connectivity index (χ1n) is 5.68. The van der Waals surface area contributed by atoms with Crippen LogP contribution in [0, 0.1) is 0 Å². The van der Waals surface area contributed by atoms with Crippen molar-refractivity contribution in [2.45, 2.75) is 12.6 Å². The summed E-state index contributed by atoms with van der Waals surface area (Å²) < 4.78 is 40.4. The highest BCUT2D eigenvalue weighted by Gasteiger charge is 2.27. The maximum absolute atomic E-state index is 11.9. The van der Waals surface area contributed by atoms with Crippen molar-refractivity contribution in [2.24, 2.45) is 0 Å². The molecular weight excluding hydrogens is 257 g/mol. The summed E-state index contributed by atoms with van der Waals surface area (Å²) in [6.45, 7) is -0.658. The highest BCUT2D eigenvalue weighted by Crippen LogP contribution is 2.20. The minimum absolute atomic E-state index is 0.251. The molecule has 0 bridgehead atoms. The summed E-state index contributed by atoms with van der Waals surface area (Å²) in [5.74, 6) is -0.741. The number of esters is 1. The maximum atomic E-state index is 11.9. The van der Waals surface area contributed by atoms with Gasteiger partial charge < -0.3 is 4.74 Å². The van der Waals surface area contributed by atoms with Crippen molar-refractivity contribution in [3.63, 3.8) is 0 Å². The number of fused-ring (bicyclic) bond motifs is 1. The predicted octanol–water partition coefficient (Wildman–Crippen LogP) is 3.95. The van der Waals surface area contributed by atoms with Crippen LogP contribution < -0.4 is 0 Å². The van der Waals surface area contributed by atoms with E-state index >= 15 is 0 Å². The van der Waals surface area contributed by atoms with E-state index < -0.39 is 25.2 Å². The van der Waals surface area contributed by atoms with Gasteiger partial charge in [-0.05, 0) is 22.9 Å². The third-order valence-corrected chi connectivity index (χ3v) is 2.60. The van der Waals surface area contributed by atoms with E-state index in [1.54, 1.807) is 12.1 Å². The van der Waals surface area contributed by atoms with Gasteiger partial charge in [-0.3, -0.25) is 0 Å². The zero-order valence-electron chi connectivity index (χ0n) is 9.91. The molecule has 0 fully saturated rings. The summed E-state index contributed by atoms with van der Waals surface area (Å²) in [7, 11) is 0. The standard InChI is InChI=1S/C14H11F3O2/c15-14(16,17)7-8-19-13(18)12-6-5-10-3-1-2-4-11(10)9-12/h1-6,9H,7-8H2. The van der Waals surface area contributed by atoms with Gasteiger partial charge in [0.05, 0.1) is 12.0 Å². The van der Waals surface area contributed by atoms with Crippen molar-refractivity contribution < 1.29 is 22.7 Å². The average Bonchev–Trinajstić information content (AvgIpc) is 2.36. The van der Waals surface area contributed by atoms with Crippen molar-refractivity contribution >= 4 is 16.7 Å². The second-order valence-corrected chi connectivity index (χ2v) is 4.06. The Hall–Kier alpha value is -2.04. The molecule has 0 radical (unpaired) electrons. The van der Waals surface area contributed by atoms with Crippen LogP contribution >= 0.6 is 0 Å². The normalized spacial score (nSPS) is 11.5. The first-order valence-corrected chi connectivity index (χ1v) is 5.68. The van der Waals surface area contributed by atoms with Gasteiger partial charge in [-0.1, -0.05) is 30.3 Å². The average molecular weight is 268 g/mol. The molecular formula is C14H11F3O2. The predicted molar refractivity (Wildman–Crippen MR) is 64.9 cm³/mol. The van der Waals surface area contributed by atoms with Gasteiger partial charge in [0, 0.05) is 0 Å². The van der Waals surface area contributed by atoms with Crippen LogP contribution in [0.3, 0.4) is 0 Å². The monoisotopic (exact) mass is 268 g/mol. The van der Waals surface area contributed by atoms with Gasteiger partial charge in [-0.15, -0.1) is 0 Å². The molecule has 0 aromatic heterocycles. The van der Waals surface area contributed by atoms with Crippen molar-refractivity contribution in [1.82, 2.24) is 0 Å². The maximum Gasteiger partial charge on any atom is 0.392 e. The summed E-state index contributed by atoms with van der Waals surface area (Å²) in [5.41, 5.74) is 0.251. The molecule has 0 unspecified atom stereocenters. The Balaban J connectivity index is 2.05. The summed E-state index contributed by atoms with van der Waals surface area (Å²) >= 11 is 0. The smallest absolute Gasteiger partial charge is 0.392 e. The second-order valence-electron chi connectivity index (χ2n) is 4.06. The molecule has 2 aromatic rings. The number of ether oxygens (including phenoxy) is 1. The summed E-state index contributed by atoms with van der Waals surface area (Å²) in [6, 6.07) is 12.3. The third kappa shape index (κ3) is 3.71. The third-order valence-electron chi connectivity index (χ3n) is 2.60.